The molecule has 1 saturated carbocycles. The number of likely N-dealkylation sites (tertiary alicyclic amines) is 1. The standard InChI is InChI=1S/C15H23N3O2/c1-10-9-18(14(19)13-16-8-11(2)17-13)7-6-15(10,20)12-4-3-5-12/h8,10,12,20H,3-7,9H2,1-2H3,(H,16,17)/t10-,15+/m1/s1. The zero-order valence-electron chi connectivity index (χ0n) is 12.2. The number of amides is 1. The third-order valence-electron chi connectivity index (χ3n) is 5.13. The van der Waals surface area contributed by atoms with E-state index in [0.29, 0.717) is 31.3 Å². The van der Waals surface area contributed by atoms with E-state index in [1.54, 1.807) is 6.20 Å². The molecule has 2 fully saturated rings. The molecule has 2 aliphatic rings. The average molecular weight is 277 g/mol. The maximum absolute atomic E-state index is 12.4. The molecule has 5 nitrogen and oxygen atoms in total. The van der Waals surface area contributed by atoms with Gasteiger partial charge in [0.25, 0.3) is 5.91 Å². The number of aromatic amines is 1. The summed E-state index contributed by atoms with van der Waals surface area (Å²) in [5.74, 6) is 0.909. The van der Waals surface area contributed by atoms with Crippen molar-refractivity contribution in [3.8, 4) is 0 Å². The van der Waals surface area contributed by atoms with Crippen LogP contribution in [-0.2, 0) is 0 Å². The fourth-order valence-corrected chi connectivity index (χ4v) is 3.51. The van der Waals surface area contributed by atoms with Gasteiger partial charge in [-0.15, -0.1) is 0 Å². The number of aliphatic hydroxyl groups is 1. The molecule has 0 spiro atoms. The minimum Gasteiger partial charge on any atom is -0.389 e. The maximum atomic E-state index is 12.4. The number of carbonyl (C=O) groups excluding carboxylic acids is 1. The number of aryl methyl sites for hydroxylation is 1. The molecule has 2 atom stereocenters. The van der Waals surface area contributed by atoms with Crippen LogP contribution in [-0.4, -0.2) is 44.6 Å². The van der Waals surface area contributed by atoms with Gasteiger partial charge in [-0.25, -0.2) is 4.98 Å². The second-order valence-electron chi connectivity index (χ2n) is 6.44. The number of carbonyl (C=O) groups is 1. The van der Waals surface area contributed by atoms with E-state index in [4.69, 9.17) is 0 Å². The fraction of sp³-hybridized carbons (Fsp3) is 0.733. The highest BCUT2D eigenvalue weighted by Crippen LogP contribution is 2.44. The molecule has 1 aliphatic heterocycles. The van der Waals surface area contributed by atoms with Crippen LogP contribution in [0.5, 0.6) is 0 Å². The van der Waals surface area contributed by atoms with Crippen molar-refractivity contribution in [2.75, 3.05) is 13.1 Å². The molecule has 1 aromatic rings. The van der Waals surface area contributed by atoms with Gasteiger partial charge in [0.2, 0.25) is 0 Å². The van der Waals surface area contributed by atoms with E-state index >= 15 is 0 Å². The van der Waals surface area contributed by atoms with Crippen LogP contribution in [0.2, 0.25) is 0 Å². The first-order valence-electron chi connectivity index (χ1n) is 7.54. The number of nitrogens with one attached hydrogen (secondary N) is 1. The van der Waals surface area contributed by atoms with Gasteiger partial charge in [-0.1, -0.05) is 13.3 Å². The monoisotopic (exact) mass is 277 g/mol. The van der Waals surface area contributed by atoms with Crippen LogP contribution in [0.3, 0.4) is 0 Å². The van der Waals surface area contributed by atoms with Crippen molar-refractivity contribution in [3.63, 3.8) is 0 Å². The van der Waals surface area contributed by atoms with Crippen molar-refractivity contribution in [1.82, 2.24) is 14.9 Å². The Balaban J connectivity index is 1.68. The van der Waals surface area contributed by atoms with Crippen LogP contribution in [0.4, 0.5) is 0 Å². The molecule has 2 N–H and O–H groups in total. The minimum atomic E-state index is -0.575. The van der Waals surface area contributed by atoms with Crippen molar-refractivity contribution in [2.24, 2.45) is 11.8 Å². The normalized spacial score (nSPS) is 31.1. The van der Waals surface area contributed by atoms with Crippen LogP contribution in [0.1, 0.15) is 48.9 Å². The molecule has 3 rings (SSSR count). The summed E-state index contributed by atoms with van der Waals surface area (Å²) in [7, 11) is 0. The Labute approximate surface area is 119 Å². The first-order chi connectivity index (χ1) is 9.50. The van der Waals surface area contributed by atoms with Gasteiger partial charge in [0.15, 0.2) is 5.82 Å². The lowest BCUT2D eigenvalue weighted by atomic mass is 9.65. The lowest BCUT2D eigenvalue weighted by Gasteiger charge is -2.50. The van der Waals surface area contributed by atoms with E-state index in [1.807, 2.05) is 11.8 Å². The summed E-state index contributed by atoms with van der Waals surface area (Å²) in [5, 5.41) is 10.9. The summed E-state index contributed by atoms with van der Waals surface area (Å²) in [6.07, 6.45) is 5.85. The molecule has 1 amide bonds. The number of rotatable bonds is 2. The van der Waals surface area contributed by atoms with Crippen LogP contribution < -0.4 is 0 Å². The van der Waals surface area contributed by atoms with Crippen molar-refractivity contribution in [1.29, 1.82) is 0 Å². The maximum Gasteiger partial charge on any atom is 0.289 e. The summed E-state index contributed by atoms with van der Waals surface area (Å²) in [6.45, 7) is 5.19. The Morgan fingerprint density at radius 2 is 2.30 bits per heavy atom. The summed E-state index contributed by atoms with van der Waals surface area (Å²) in [5.41, 5.74) is 0.318. The molecular weight excluding hydrogens is 254 g/mol. The number of hydrogen-bond donors (Lipinski definition) is 2. The Morgan fingerprint density at radius 3 is 2.80 bits per heavy atom. The summed E-state index contributed by atoms with van der Waals surface area (Å²) in [4.78, 5) is 21.3. The van der Waals surface area contributed by atoms with Gasteiger partial charge >= 0.3 is 0 Å². The second kappa shape index (κ2) is 4.88. The summed E-state index contributed by atoms with van der Waals surface area (Å²) in [6, 6.07) is 0. The van der Waals surface area contributed by atoms with Crippen molar-refractivity contribution >= 4 is 5.91 Å². The highest BCUT2D eigenvalue weighted by molar-refractivity contribution is 5.90. The molecule has 110 valence electrons. The van der Waals surface area contributed by atoms with Gasteiger partial charge in [-0.2, -0.15) is 0 Å². The molecule has 1 aliphatic carbocycles. The zero-order chi connectivity index (χ0) is 14.3. The number of nitrogens with zero attached hydrogens (tertiary/aromatic N) is 2. The Bertz CT molecular complexity index is 509. The molecular formula is C15H23N3O2. The topological polar surface area (TPSA) is 69.2 Å². The fourth-order valence-electron chi connectivity index (χ4n) is 3.51. The molecule has 0 aromatic carbocycles. The molecule has 0 bridgehead atoms. The zero-order valence-corrected chi connectivity index (χ0v) is 12.2. The van der Waals surface area contributed by atoms with Gasteiger partial charge in [-0.3, -0.25) is 4.79 Å². The molecule has 2 heterocycles. The van der Waals surface area contributed by atoms with Crippen molar-refractivity contribution in [3.05, 3.63) is 17.7 Å². The van der Waals surface area contributed by atoms with E-state index in [9.17, 15) is 9.90 Å². The van der Waals surface area contributed by atoms with Crippen LogP contribution in [0, 0.1) is 18.8 Å². The lowest BCUT2D eigenvalue weighted by Crippen LogP contribution is -2.57. The van der Waals surface area contributed by atoms with E-state index in [0.717, 1.165) is 18.5 Å². The summed E-state index contributed by atoms with van der Waals surface area (Å²) < 4.78 is 0. The predicted octanol–water partition coefficient (Wildman–Crippen LogP) is 1.73. The van der Waals surface area contributed by atoms with E-state index in [-0.39, 0.29) is 11.8 Å². The lowest BCUT2D eigenvalue weighted by molar-refractivity contribution is -0.122. The van der Waals surface area contributed by atoms with Gasteiger partial charge in [0.1, 0.15) is 0 Å². The highest BCUT2D eigenvalue weighted by atomic mass is 16.3. The summed E-state index contributed by atoms with van der Waals surface area (Å²) >= 11 is 0. The van der Waals surface area contributed by atoms with Gasteiger partial charge in [0, 0.05) is 30.9 Å². The average Bonchev–Trinajstić information content (AvgIpc) is 2.76. The number of imidazole rings is 1. The van der Waals surface area contributed by atoms with Crippen molar-refractivity contribution < 1.29 is 9.90 Å². The second-order valence-corrected chi connectivity index (χ2v) is 6.44. The van der Waals surface area contributed by atoms with Gasteiger partial charge in [0.05, 0.1) is 5.60 Å². The highest BCUT2D eigenvalue weighted by Gasteiger charge is 2.47. The minimum absolute atomic E-state index is 0.0550. The van der Waals surface area contributed by atoms with Crippen LogP contribution in [0.25, 0.3) is 0 Å². The first kappa shape index (κ1) is 13.6. The molecule has 20 heavy (non-hydrogen) atoms. The largest absolute Gasteiger partial charge is 0.389 e. The van der Waals surface area contributed by atoms with E-state index in [2.05, 4.69) is 16.9 Å². The van der Waals surface area contributed by atoms with Gasteiger partial charge < -0.3 is 15.0 Å². The number of hydrogen-bond acceptors (Lipinski definition) is 3. The predicted molar refractivity (Wildman–Crippen MR) is 75.3 cm³/mol. The third kappa shape index (κ3) is 2.14. The van der Waals surface area contributed by atoms with E-state index < -0.39 is 5.60 Å². The first-order valence-corrected chi connectivity index (χ1v) is 7.54. The Morgan fingerprint density at radius 1 is 1.55 bits per heavy atom. The Hall–Kier alpha value is -1.36. The number of piperidine rings is 1. The molecule has 5 heteroatoms. The SMILES string of the molecule is Cc1cnc(C(=O)N2CC[C@@](O)(C3CCC3)[C@H](C)C2)[nH]1. The smallest absolute Gasteiger partial charge is 0.289 e. The Kier molecular flexibility index (Phi) is 3.32. The quantitative estimate of drug-likeness (QED) is 0.865. The number of aromatic nitrogens is 2. The third-order valence-corrected chi connectivity index (χ3v) is 5.13. The van der Waals surface area contributed by atoms with Gasteiger partial charge in [-0.05, 0) is 32.1 Å². The van der Waals surface area contributed by atoms with E-state index in [1.165, 1.54) is 6.42 Å². The molecule has 0 unspecified atom stereocenters. The molecule has 0 radical (unpaired) electrons. The molecule has 1 saturated heterocycles. The van der Waals surface area contributed by atoms with Crippen LogP contribution >= 0.6 is 0 Å². The molecule has 1 aromatic heterocycles. The number of H-pyrrole nitrogens is 1. The van der Waals surface area contributed by atoms with Crippen LogP contribution in [0.15, 0.2) is 6.20 Å². The van der Waals surface area contributed by atoms with Crippen molar-refractivity contribution in [2.45, 2.75) is 45.1 Å².